The van der Waals surface area contributed by atoms with Gasteiger partial charge in [0, 0.05) is 19.7 Å². The molecular formula is C12H18N2O2S. The molecular weight excluding hydrogens is 236 g/mol. The Labute approximate surface area is 105 Å². The van der Waals surface area contributed by atoms with Crippen molar-refractivity contribution < 1.29 is 9.53 Å². The maximum absolute atomic E-state index is 12.2. The molecule has 2 N–H and O–H groups in total. The predicted molar refractivity (Wildman–Crippen MR) is 67.7 cm³/mol. The van der Waals surface area contributed by atoms with Gasteiger partial charge in [-0.05, 0) is 35.2 Å². The summed E-state index contributed by atoms with van der Waals surface area (Å²) in [6.07, 6.45) is 2.19. The Kier molecular flexibility index (Phi) is 4.15. The van der Waals surface area contributed by atoms with Gasteiger partial charge in [-0.2, -0.15) is 11.3 Å². The highest BCUT2D eigenvalue weighted by molar-refractivity contribution is 7.07. The van der Waals surface area contributed by atoms with Gasteiger partial charge in [0.25, 0.3) is 0 Å². The first-order chi connectivity index (χ1) is 8.22. The van der Waals surface area contributed by atoms with Crippen LogP contribution in [-0.2, 0) is 16.1 Å². The van der Waals surface area contributed by atoms with Crippen molar-refractivity contribution in [2.45, 2.75) is 31.5 Å². The van der Waals surface area contributed by atoms with Crippen LogP contribution in [0.25, 0.3) is 0 Å². The number of hydrogen-bond donors (Lipinski definition) is 1. The molecule has 0 radical (unpaired) electrons. The highest BCUT2D eigenvalue weighted by Crippen LogP contribution is 2.29. The summed E-state index contributed by atoms with van der Waals surface area (Å²) >= 11 is 1.65. The molecule has 2 rings (SSSR count). The van der Waals surface area contributed by atoms with E-state index >= 15 is 0 Å². The van der Waals surface area contributed by atoms with E-state index in [0.29, 0.717) is 12.6 Å². The minimum absolute atomic E-state index is 0.000509. The van der Waals surface area contributed by atoms with Gasteiger partial charge in [-0.25, -0.2) is 0 Å². The van der Waals surface area contributed by atoms with E-state index in [1.807, 2.05) is 10.3 Å². The fourth-order valence-electron chi connectivity index (χ4n) is 1.82. The lowest BCUT2D eigenvalue weighted by Gasteiger charge is -2.25. The summed E-state index contributed by atoms with van der Waals surface area (Å²) in [7, 11) is 1.56. The molecule has 1 saturated carbocycles. The van der Waals surface area contributed by atoms with Crippen LogP contribution in [0.3, 0.4) is 0 Å². The monoisotopic (exact) mass is 254 g/mol. The third-order valence-electron chi connectivity index (χ3n) is 2.87. The number of carbonyl (C=O) groups excluding carboxylic acids is 1. The van der Waals surface area contributed by atoms with Crippen molar-refractivity contribution in [2.75, 3.05) is 13.7 Å². The second-order valence-corrected chi connectivity index (χ2v) is 5.17. The SMILES string of the molecule is COCC(N)C(=O)N(Cc1ccsc1)C1CC1. The first-order valence-corrected chi connectivity index (χ1v) is 6.72. The van der Waals surface area contributed by atoms with E-state index in [0.717, 1.165) is 12.8 Å². The lowest BCUT2D eigenvalue weighted by Crippen LogP contribution is -2.46. The van der Waals surface area contributed by atoms with Crippen LogP contribution >= 0.6 is 11.3 Å². The number of rotatable bonds is 6. The average molecular weight is 254 g/mol. The normalized spacial score (nSPS) is 16.8. The molecule has 17 heavy (non-hydrogen) atoms. The Hall–Kier alpha value is -0.910. The number of methoxy groups -OCH3 is 1. The molecule has 1 unspecified atom stereocenters. The maximum atomic E-state index is 12.2. The Morgan fingerprint density at radius 2 is 2.47 bits per heavy atom. The predicted octanol–water partition coefficient (Wildman–Crippen LogP) is 1.21. The van der Waals surface area contributed by atoms with Gasteiger partial charge in [-0.15, -0.1) is 0 Å². The standard InChI is InChI=1S/C12H18N2O2S/c1-16-7-11(13)12(15)14(10-2-3-10)6-9-4-5-17-8-9/h4-5,8,10-11H,2-3,6-7,13H2,1H3. The Morgan fingerprint density at radius 3 is 3.00 bits per heavy atom. The second-order valence-electron chi connectivity index (χ2n) is 4.39. The van der Waals surface area contributed by atoms with Crippen molar-refractivity contribution >= 4 is 17.2 Å². The molecule has 1 fully saturated rings. The number of ether oxygens (including phenoxy) is 1. The first kappa shape index (κ1) is 12.5. The summed E-state index contributed by atoms with van der Waals surface area (Å²) in [5.41, 5.74) is 6.99. The molecule has 0 aromatic carbocycles. The molecule has 1 aliphatic carbocycles. The zero-order valence-corrected chi connectivity index (χ0v) is 10.8. The quantitative estimate of drug-likeness (QED) is 0.830. The molecule has 0 spiro atoms. The van der Waals surface area contributed by atoms with E-state index in [4.69, 9.17) is 10.5 Å². The largest absolute Gasteiger partial charge is 0.383 e. The van der Waals surface area contributed by atoms with Crippen LogP contribution in [0.5, 0.6) is 0 Å². The van der Waals surface area contributed by atoms with Gasteiger partial charge in [0.05, 0.1) is 6.61 Å². The van der Waals surface area contributed by atoms with Crippen LogP contribution in [-0.4, -0.2) is 36.6 Å². The number of amides is 1. The summed E-state index contributed by atoms with van der Waals surface area (Å²) in [5, 5.41) is 4.10. The van der Waals surface area contributed by atoms with Crippen molar-refractivity contribution in [3.63, 3.8) is 0 Å². The van der Waals surface area contributed by atoms with Crippen LogP contribution < -0.4 is 5.73 Å². The maximum Gasteiger partial charge on any atom is 0.242 e. The molecule has 4 nitrogen and oxygen atoms in total. The van der Waals surface area contributed by atoms with Gasteiger partial charge in [-0.1, -0.05) is 0 Å². The zero-order chi connectivity index (χ0) is 12.3. The van der Waals surface area contributed by atoms with E-state index in [1.165, 1.54) is 5.56 Å². The minimum Gasteiger partial charge on any atom is -0.383 e. The molecule has 1 heterocycles. The molecule has 1 amide bonds. The third kappa shape index (κ3) is 3.28. The lowest BCUT2D eigenvalue weighted by molar-refractivity contribution is -0.135. The van der Waals surface area contributed by atoms with E-state index in [1.54, 1.807) is 18.4 Å². The van der Waals surface area contributed by atoms with Gasteiger partial charge in [0.2, 0.25) is 5.91 Å². The van der Waals surface area contributed by atoms with E-state index in [-0.39, 0.29) is 12.5 Å². The van der Waals surface area contributed by atoms with Crippen LogP contribution in [0.4, 0.5) is 0 Å². The first-order valence-electron chi connectivity index (χ1n) is 5.78. The smallest absolute Gasteiger partial charge is 0.242 e. The van der Waals surface area contributed by atoms with Crippen molar-refractivity contribution in [2.24, 2.45) is 5.73 Å². The zero-order valence-electron chi connectivity index (χ0n) is 9.96. The van der Waals surface area contributed by atoms with Gasteiger partial charge < -0.3 is 15.4 Å². The van der Waals surface area contributed by atoms with Crippen LogP contribution in [0.1, 0.15) is 18.4 Å². The molecule has 5 heteroatoms. The van der Waals surface area contributed by atoms with Crippen LogP contribution in [0.15, 0.2) is 16.8 Å². The molecule has 94 valence electrons. The van der Waals surface area contributed by atoms with Crippen molar-refractivity contribution in [1.82, 2.24) is 4.90 Å². The molecule has 1 aliphatic rings. The van der Waals surface area contributed by atoms with E-state index < -0.39 is 6.04 Å². The summed E-state index contributed by atoms with van der Waals surface area (Å²) in [6, 6.07) is 1.89. The molecule has 1 aromatic rings. The van der Waals surface area contributed by atoms with Crippen molar-refractivity contribution in [3.05, 3.63) is 22.4 Å². The topological polar surface area (TPSA) is 55.6 Å². The number of nitrogens with zero attached hydrogens (tertiary/aromatic N) is 1. The highest BCUT2D eigenvalue weighted by Gasteiger charge is 2.34. The van der Waals surface area contributed by atoms with Crippen LogP contribution in [0.2, 0.25) is 0 Å². The summed E-state index contributed by atoms with van der Waals surface area (Å²) < 4.78 is 4.94. The highest BCUT2D eigenvalue weighted by atomic mass is 32.1. The molecule has 1 atom stereocenters. The molecule has 0 saturated heterocycles. The fraction of sp³-hybridized carbons (Fsp3) is 0.583. The average Bonchev–Trinajstić information content (AvgIpc) is 3.03. The Bertz CT molecular complexity index is 363. The number of thiophene rings is 1. The minimum atomic E-state index is -0.542. The fourth-order valence-corrected chi connectivity index (χ4v) is 2.48. The van der Waals surface area contributed by atoms with Gasteiger partial charge >= 0.3 is 0 Å². The lowest BCUT2D eigenvalue weighted by atomic mass is 10.2. The molecule has 1 aromatic heterocycles. The van der Waals surface area contributed by atoms with Gasteiger partial charge in [-0.3, -0.25) is 4.79 Å². The Balaban J connectivity index is 1.99. The summed E-state index contributed by atoms with van der Waals surface area (Å²) in [5.74, 6) is 0.000509. The van der Waals surface area contributed by atoms with Gasteiger partial charge in [0.1, 0.15) is 6.04 Å². The van der Waals surface area contributed by atoms with Crippen molar-refractivity contribution in [3.8, 4) is 0 Å². The third-order valence-corrected chi connectivity index (χ3v) is 3.60. The molecule has 0 bridgehead atoms. The van der Waals surface area contributed by atoms with E-state index in [2.05, 4.69) is 11.4 Å². The summed E-state index contributed by atoms with van der Waals surface area (Å²) in [4.78, 5) is 14.1. The van der Waals surface area contributed by atoms with Crippen molar-refractivity contribution in [1.29, 1.82) is 0 Å². The van der Waals surface area contributed by atoms with Gasteiger partial charge in [0.15, 0.2) is 0 Å². The van der Waals surface area contributed by atoms with E-state index in [9.17, 15) is 4.79 Å². The second kappa shape index (κ2) is 5.62. The number of carbonyl (C=O) groups is 1. The Morgan fingerprint density at radius 1 is 1.71 bits per heavy atom. The summed E-state index contributed by atoms with van der Waals surface area (Å²) in [6.45, 7) is 0.954. The van der Waals surface area contributed by atoms with Crippen LogP contribution in [0, 0.1) is 0 Å². The molecule has 0 aliphatic heterocycles. The number of hydrogen-bond acceptors (Lipinski definition) is 4. The number of nitrogens with two attached hydrogens (primary N) is 1.